The van der Waals surface area contributed by atoms with Gasteiger partial charge in [-0.05, 0) is 32.2 Å². The molecule has 1 atom stereocenters. The lowest BCUT2D eigenvalue weighted by Gasteiger charge is -2.38. The van der Waals surface area contributed by atoms with Crippen LogP contribution in [-0.4, -0.2) is 87.9 Å². The molecule has 1 N–H and O–H groups in total. The third-order valence-corrected chi connectivity index (χ3v) is 5.11. The summed E-state index contributed by atoms with van der Waals surface area (Å²) in [5.41, 5.74) is 1.19. The van der Waals surface area contributed by atoms with E-state index in [-0.39, 0.29) is 6.10 Å². The van der Waals surface area contributed by atoms with Gasteiger partial charge in [0.15, 0.2) is 5.96 Å². The predicted molar refractivity (Wildman–Crippen MR) is 108 cm³/mol. The van der Waals surface area contributed by atoms with E-state index in [1.165, 1.54) is 5.69 Å². The Morgan fingerprint density at radius 1 is 1.27 bits per heavy atom. The third-order valence-electron chi connectivity index (χ3n) is 4.87. The molecule has 7 heteroatoms. The van der Waals surface area contributed by atoms with E-state index in [1.807, 2.05) is 18.2 Å². The molecule has 1 aromatic carbocycles. The van der Waals surface area contributed by atoms with Crippen molar-refractivity contribution in [2.24, 2.45) is 4.99 Å². The smallest absolute Gasteiger partial charge is 0.194 e. The van der Waals surface area contributed by atoms with E-state index in [2.05, 4.69) is 40.1 Å². The Morgan fingerprint density at radius 2 is 2.08 bits per heavy atom. The maximum Gasteiger partial charge on any atom is 0.194 e. The number of nitrogens with one attached hydrogen (secondary N) is 1. The van der Waals surface area contributed by atoms with Crippen LogP contribution in [-0.2, 0) is 4.74 Å². The SMILES string of the molecule is CCNC(=NCC1CN(C)CCO1)N1CCN(c2cccc(Cl)c2)CC1. The number of likely N-dealkylation sites (N-methyl/N-ethyl adjacent to an activating group) is 1. The highest BCUT2D eigenvalue weighted by atomic mass is 35.5. The lowest BCUT2D eigenvalue weighted by molar-refractivity contribution is -0.0137. The summed E-state index contributed by atoms with van der Waals surface area (Å²) in [6.07, 6.45) is 0.190. The zero-order valence-electron chi connectivity index (χ0n) is 15.8. The number of rotatable bonds is 4. The van der Waals surface area contributed by atoms with Gasteiger partial charge < -0.3 is 24.8 Å². The summed E-state index contributed by atoms with van der Waals surface area (Å²) in [7, 11) is 2.14. The molecular weight excluding hydrogens is 350 g/mol. The van der Waals surface area contributed by atoms with Crippen LogP contribution in [0.1, 0.15) is 6.92 Å². The van der Waals surface area contributed by atoms with Crippen LogP contribution in [0, 0.1) is 0 Å². The van der Waals surface area contributed by atoms with Crippen LogP contribution >= 0.6 is 11.6 Å². The number of halogens is 1. The first kappa shape index (κ1) is 19.3. The topological polar surface area (TPSA) is 43.3 Å². The Morgan fingerprint density at radius 3 is 2.77 bits per heavy atom. The Labute approximate surface area is 161 Å². The molecule has 26 heavy (non-hydrogen) atoms. The first-order chi connectivity index (χ1) is 12.7. The van der Waals surface area contributed by atoms with Crippen LogP contribution in [0.3, 0.4) is 0 Å². The molecular formula is C19H30ClN5O. The third kappa shape index (κ3) is 5.25. The Kier molecular flexibility index (Phi) is 7.00. The number of aliphatic imine (C=N–C) groups is 1. The summed E-state index contributed by atoms with van der Waals surface area (Å²) in [5, 5.41) is 4.22. The number of anilines is 1. The summed E-state index contributed by atoms with van der Waals surface area (Å²) in [6, 6.07) is 8.09. The second-order valence-corrected chi connectivity index (χ2v) is 7.34. The fraction of sp³-hybridized carbons (Fsp3) is 0.632. The zero-order valence-corrected chi connectivity index (χ0v) is 16.6. The first-order valence-corrected chi connectivity index (χ1v) is 9.87. The fourth-order valence-electron chi connectivity index (χ4n) is 3.44. The molecule has 0 aliphatic carbocycles. The monoisotopic (exact) mass is 379 g/mol. The zero-order chi connectivity index (χ0) is 18.4. The van der Waals surface area contributed by atoms with E-state index in [1.54, 1.807) is 0 Å². The van der Waals surface area contributed by atoms with Crippen molar-refractivity contribution in [3.8, 4) is 0 Å². The molecule has 0 spiro atoms. The van der Waals surface area contributed by atoms with Crippen molar-refractivity contribution in [1.29, 1.82) is 0 Å². The van der Waals surface area contributed by atoms with Crippen molar-refractivity contribution in [3.63, 3.8) is 0 Å². The highest BCUT2D eigenvalue weighted by molar-refractivity contribution is 6.30. The molecule has 0 bridgehead atoms. The molecule has 2 fully saturated rings. The van der Waals surface area contributed by atoms with Crippen LogP contribution in [0.4, 0.5) is 5.69 Å². The van der Waals surface area contributed by atoms with Crippen LogP contribution in [0.2, 0.25) is 5.02 Å². The van der Waals surface area contributed by atoms with Gasteiger partial charge in [-0.1, -0.05) is 17.7 Å². The second kappa shape index (κ2) is 9.44. The van der Waals surface area contributed by atoms with Gasteiger partial charge >= 0.3 is 0 Å². The molecule has 0 amide bonds. The van der Waals surface area contributed by atoms with E-state index in [0.717, 1.165) is 63.4 Å². The largest absolute Gasteiger partial charge is 0.374 e. The Hall–Kier alpha value is -1.50. The highest BCUT2D eigenvalue weighted by Crippen LogP contribution is 2.20. The number of benzene rings is 1. The van der Waals surface area contributed by atoms with E-state index in [0.29, 0.717) is 6.54 Å². The minimum atomic E-state index is 0.190. The molecule has 144 valence electrons. The quantitative estimate of drug-likeness (QED) is 0.638. The summed E-state index contributed by atoms with van der Waals surface area (Å²) >= 11 is 6.13. The van der Waals surface area contributed by atoms with Gasteiger partial charge in [-0.3, -0.25) is 4.99 Å². The fourth-order valence-corrected chi connectivity index (χ4v) is 3.63. The molecule has 6 nitrogen and oxygen atoms in total. The van der Waals surface area contributed by atoms with Gasteiger partial charge in [-0.15, -0.1) is 0 Å². The van der Waals surface area contributed by atoms with Crippen LogP contribution in [0.5, 0.6) is 0 Å². The van der Waals surface area contributed by atoms with Gasteiger partial charge in [0, 0.05) is 56.5 Å². The maximum absolute atomic E-state index is 6.13. The number of morpholine rings is 1. The van der Waals surface area contributed by atoms with E-state index in [4.69, 9.17) is 21.3 Å². The van der Waals surface area contributed by atoms with Gasteiger partial charge in [0.2, 0.25) is 0 Å². The summed E-state index contributed by atoms with van der Waals surface area (Å²) in [5.74, 6) is 0.995. The van der Waals surface area contributed by atoms with E-state index in [9.17, 15) is 0 Å². The average Bonchev–Trinajstić information content (AvgIpc) is 2.65. The molecule has 1 unspecified atom stereocenters. The summed E-state index contributed by atoms with van der Waals surface area (Å²) in [6.45, 7) is 10.3. The number of ether oxygens (including phenoxy) is 1. The molecule has 1 aromatic rings. The average molecular weight is 380 g/mol. The Bertz CT molecular complexity index is 603. The van der Waals surface area contributed by atoms with E-state index < -0.39 is 0 Å². The van der Waals surface area contributed by atoms with Crippen molar-refractivity contribution in [2.45, 2.75) is 13.0 Å². The van der Waals surface area contributed by atoms with Crippen molar-refractivity contribution in [2.75, 3.05) is 70.9 Å². The molecule has 0 aromatic heterocycles. The van der Waals surface area contributed by atoms with Gasteiger partial charge in [0.25, 0.3) is 0 Å². The van der Waals surface area contributed by atoms with Crippen molar-refractivity contribution in [1.82, 2.24) is 15.1 Å². The maximum atomic E-state index is 6.13. The summed E-state index contributed by atoms with van der Waals surface area (Å²) < 4.78 is 5.83. The molecule has 2 aliphatic rings. The van der Waals surface area contributed by atoms with Crippen molar-refractivity contribution in [3.05, 3.63) is 29.3 Å². The number of hydrogen-bond donors (Lipinski definition) is 1. The van der Waals surface area contributed by atoms with Crippen LogP contribution < -0.4 is 10.2 Å². The minimum Gasteiger partial charge on any atom is -0.374 e. The number of piperazine rings is 1. The molecule has 0 radical (unpaired) electrons. The predicted octanol–water partition coefficient (Wildman–Crippen LogP) is 1.76. The molecule has 3 rings (SSSR count). The Balaban J connectivity index is 1.56. The standard InChI is InChI=1S/C19H30ClN5O/c1-3-21-19(22-14-18-15-23(2)11-12-26-18)25-9-7-24(8-10-25)17-6-4-5-16(20)13-17/h4-6,13,18H,3,7-12,14-15H2,1-2H3,(H,21,22). The van der Waals surface area contributed by atoms with Crippen LogP contribution in [0.25, 0.3) is 0 Å². The molecule has 2 aliphatic heterocycles. The van der Waals surface area contributed by atoms with Crippen molar-refractivity contribution < 1.29 is 4.74 Å². The van der Waals surface area contributed by atoms with Crippen molar-refractivity contribution >= 4 is 23.2 Å². The lowest BCUT2D eigenvalue weighted by Crippen LogP contribution is -2.53. The van der Waals surface area contributed by atoms with Crippen LogP contribution in [0.15, 0.2) is 29.3 Å². The second-order valence-electron chi connectivity index (χ2n) is 6.90. The number of nitrogens with zero attached hydrogens (tertiary/aromatic N) is 4. The number of guanidine groups is 1. The molecule has 0 saturated carbocycles. The van der Waals surface area contributed by atoms with Gasteiger partial charge in [-0.25, -0.2) is 0 Å². The highest BCUT2D eigenvalue weighted by Gasteiger charge is 2.21. The summed E-state index contributed by atoms with van der Waals surface area (Å²) in [4.78, 5) is 11.9. The van der Waals surface area contributed by atoms with Gasteiger partial charge in [-0.2, -0.15) is 0 Å². The normalized spacial score (nSPS) is 22.6. The number of hydrogen-bond acceptors (Lipinski definition) is 4. The van der Waals surface area contributed by atoms with E-state index >= 15 is 0 Å². The first-order valence-electron chi connectivity index (χ1n) is 9.49. The lowest BCUT2D eigenvalue weighted by atomic mass is 10.2. The molecule has 2 saturated heterocycles. The minimum absolute atomic E-state index is 0.190. The molecule has 2 heterocycles. The van der Waals surface area contributed by atoms with Gasteiger partial charge in [0.05, 0.1) is 19.3 Å². The van der Waals surface area contributed by atoms with Gasteiger partial charge in [0.1, 0.15) is 0 Å².